The van der Waals surface area contributed by atoms with Crippen LogP contribution in [0.15, 0.2) is 35.1 Å². The zero-order chi connectivity index (χ0) is 15.5. The minimum absolute atomic E-state index is 0.0593. The van der Waals surface area contributed by atoms with Crippen LogP contribution < -0.4 is 5.56 Å². The second-order valence-electron chi connectivity index (χ2n) is 5.40. The number of rotatable bonds is 3. The number of H-pyrrole nitrogens is 1. The van der Waals surface area contributed by atoms with Gasteiger partial charge < -0.3 is 0 Å². The minimum Gasteiger partial charge on any atom is -0.290 e. The van der Waals surface area contributed by atoms with Crippen LogP contribution in [-0.4, -0.2) is 21.6 Å². The molecule has 1 aromatic heterocycles. The molecule has 0 amide bonds. The lowest BCUT2D eigenvalue weighted by atomic mass is 10.1. The Hall–Kier alpha value is -2.52. The molecule has 1 atom stereocenters. The quantitative estimate of drug-likeness (QED) is 0.942. The molecule has 2 aromatic rings. The molecule has 1 aliphatic heterocycles. The highest BCUT2D eigenvalue weighted by Crippen LogP contribution is 2.31. The largest absolute Gasteiger partial charge is 0.290 e. The Balaban J connectivity index is 1.79. The summed E-state index contributed by atoms with van der Waals surface area (Å²) in [6, 6.07) is 9.85. The minimum atomic E-state index is -0.488. The van der Waals surface area contributed by atoms with Crippen molar-refractivity contribution in [1.29, 1.82) is 5.26 Å². The number of aromatic amines is 1. The second-order valence-corrected chi connectivity index (χ2v) is 5.40. The normalized spacial score (nSPS) is 18.3. The molecule has 3 rings (SSSR count). The van der Waals surface area contributed by atoms with E-state index in [2.05, 4.69) is 15.1 Å². The molecule has 6 heteroatoms. The third-order valence-corrected chi connectivity index (χ3v) is 3.95. The standard InChI is InChI=1S/C16H15FN4O/c17-13-8-11(3-4-12(13)9-18)10-21-7-1-2-15(21)14-5-6-16(22)20-19-14/h3-6,8,15H,1-2,7,10H2,(H,20,22). The molecule has 1 aromatic carbocycles. The molecule has 0 aliphatic carbocycles. The van der Waals surface area contributed by atoms with Gasteiger partial charge in [-0.3, -0.25) is 9.69 Å². The van der Waals surface area contributed by atoms with E-state index in [9.17, 15) is 9.18 Å². The summed E-state index contributed by atoms with van der Waals surface area (Å²) in [4.78, 5) is 13.3. The molecule has 22 heavy (non-hydrogen) atoms. The number of likely N-dealkylation sites (tertiary alicyclic amines) is 1. The van der Waals surface area contributed by atoms with E-state index in [1.54, 1.807) is 12.1 Å². The number of nitrogens with one attached hydrogen (secondary N) is 1. The Labute approximate surface area is 127 Å². The number of halogens is 1. The van der Waals surface area contributed by atoms with Crippen molar-refractivity contribution in [3.63, 3.8) is 0 Å². The number of nitriles is 1. The number of hydrogen-bond donors (Lipinski definition) is 1. The van der Waals surface area contributed by atoms with Crippen molar-refractivity contribution < 1.29 is 4.39 Å². The first-order valence-corrected chi connectivity index (χ1v) is 7.15. The Morgan fingerprint density at radius 1 is 1.41 bits per heavy atom. The topological polar surface area (TPSA) is 72.8 Å². The fourth-order valence-corrected chi connectivity index (χ4v) is 2.87. The van der Waals surface area contributed by atoms with Crippen LogP contribution in [0, 0.1) is 17.1 Å². The van der Waals surface area contributed by atoms with Gasteiger partial charge >= 0.3 is 0 Å². The fourth-order valence-electron chi connectivity index (χ4n) is 2.87. The number of hydrogen-bond acceptors (Lipinski definition) is 4. The zero-order valence-corrected chi connectivity index (χ0v) is 11.9. The molecule has 0 spiro atoms. The monoisotopic (exact) mass is 298 g/mol. The third kappa shape index (κ3) is 2.90. The highest BCUT2D eigenvalue weighted by Gasteiger charge is 2.27. The van der Waals surface area contributed by atoms with E-state index in [0.717, 1.165) is 30.6 Å². The molecule has 1 N–H and O–H groups in total. The van der Waals surface area contributed by atoms with Gasteiger partial charge in [-0.05, 0) is 43.1 Å². The lowest BCUT2D eigenvalue weighted by Gasteiger charge is -2.23. The first kappa shape index (κ1) is 14.4. The summed E-state index contributed by atoms with van der Waals surface area (Å²) in [5, 5.41) is 15.3. The second kappa shape index (κ2) is 6.08. The molecular weight excluding hydrogens is 283 g/mol. The van der Waals surface area contributed by atoms with Crippen LogP contribution >= 0.6 is 0 Å². The molecule has 1 fully saturated rings. The van der Waals surface area contributed by atoms with Crippen molar-refractivity contribution >= 4 is 0 Å². The predicted molar refractivity (Wildman–Crippen MR) is 78.4 cm³/mol. The van der Waals surface area contributed by atoms with E-state index in [4.69, 9.17) is 5.26 Å². The summed E-state index contributed by atoms with van der Waals surface area (Å²) < 4.78 is 13.7. The van der Waals surface area contributed by atoms with E-state index >= 15 is 0 Å². The summed E-state index contributed by atoms with van der Waals surface area (Å²) in [5.74, 6) is -0.488. The van der Waals surface area contributed by atoms with E-state index in [-0.39, 0.29) is 17.2 Å². The average Bonchev–Trinajstić information content (AvgIpc) is 2.96. The Bertz CT molecular complexity index is 760. The molecule has 0 bridgehead atoms. The van der Waals surface area contributed by atoms with E-state index < -0.39 is 5.82 Å². The van der Waals surface area contributed by atoms with Crippen LogP contribution in [0.3, 0.4) is 0 Å². The smallest absolute Gasteiger partial charge is 0.264 e. The summed E-state index contributed by atoms with van der Waals surface area (Å²) in [7, 11) is 0. The molecule has 0 saturated carbocycles. The maximum absolute atomic E-state index is 13.7. The van der Waals surface area contributed by atoms with Gasteiger partial charge in [0.25, 0.3) is 5.56 Å². The summed E-state index contributed by atoms with van der Waals surface area (Å²) >= 11 is 0. The van der Waals surface area contributed by atoms with Crippen molar-refractivity contribution in [2.24, 2.45) is 0 Å². The molecule has 0 radical (unpaired) electrons. The number of nitrogens with zero attached hydrogens (tertiary/aromatic N) is 3. The van der Waals surface area contributed by atoms with Gasteiger partial charge in [-0.25, -0.2) is 9.49 Å². The summed E-state index contributed by atoms with van der Waals surface area (Å²) in [5.41, 5.74) is 1.49. The molecule has 1 aliphatic rings. The first-order chi connectivity index (χ1) is 10.7. The third-order valence-electron chi connectivity index (χ3n) is 3.95. The van der Waals surface area contributed by atoms with Gasteiger partial charge in [0.1, 0.15) is 11.9 Å². The highest BCUT2D eigenvalue weighted by atomic mass is 19.1. The van der Waals surface area contributed by atoms with Crippen molar-refractivity contribution in [2.75, 3.05) is 6.54 Å². The lowest BCUT2D eigenvalue weighted by molar-refractivity contribution is 0.243. The SMILES string of the molecule is N#Cc1ccc(CN2CCCC2c2ccc(=O)[nH]n2)cc1F. The van der Waals surface area contributed by atoms with Crippen molar-refractivity contribution in [3.8, 4) is 6.07 Å². The maximum atomic E-state index is 13.7. The zero-order valence-electron chi connectivity index (χ0n) is 11.9. The van der Waals surface area contributed by atoms with Crippen LogP contribution in [0.25, 0.3) is 0 Å². The maximum Gasteiger partial charge on any atom is 0.264 e. The first-order valence-electron chi connectivity index (χ1n) is 7.15. The van der Waals surface area contributed by atoms with Crippen molar-refractivity contribution in [2.45, 2.75) is 25.4 Å². The Morgan fingerprint density at radius 3 is 2.95 bits per heavy atom. The average molecular weight is 298 g/mol. The van der Waals surface area contributed by atoms with Gasteiger partial charge in [0.05, 0.1) is 17.3 Å². The van der Waals surface area contributed by atoms with Crippen LogP contribution in [0.5, 0.6) is 0 Å². The van der Waals surface area contributed by atoms with Gasteiger partial charge in [-0.2, -0.15) is 10.4 Å². The molecule has 112 valence electrons. The Morgan fingerprint density at radius 2 is 2.27 bits per heavy atom. The van der Waals surface area contributed by atoms with Gasteiger partial charge in [-0.15, -0.1) is 0 Å². The van der Waals surface area contributed by atoms with Crippen molar-refractivity contribution in [1.82, 2.24) is 15.1 Å². The summed E-state index contributed by atoms with van der Waals surface area (Å²) in [6.07, 6.45) is 1.99. The van der Waals surface area contributed by atoms with Crippen LogP contribution in [0.4, 0.5) is 4.39 Å². The van der Waals surface area contributed by atoms with Crippen LogP contribution in [-0.2, 0) is 6.54 Å². The van der Waals surface area contributed by atoms with Gasteiger partial charge in [0.2, 0.25) is 0 Å². The highest BCUT2D eigenvalue weighted by molar-refractivity contribution is 5.33. The molecule has 1 unspecified atom stereocenters. The van der Waals surface area contributed by atoms with Crippen LogP contribution in [0.2, 0.25) is 0 Å². The molecule has 2 heterocycles. The van der Waals surface area contributed by atoms with Gasteiger partial charge in [0, 0.05) is 12.6 Å². The van der Waals surface area contributed by atoms with E-state index in [1.807, 2.05) is 6.07 Å². The Kier molecular flexibility index (Phi) is 3.98. The van der Waals surface area contributed by atoms with Gasteiger partial charge in [0.15, 0.2) is 0 Å². The number of aromatic nitrogens is 2. The van der Waals surface area contributed by atoms with Gasteiger partial charge in [-0.1, -0.05) is 6.07 Å². The van der Waals surface area contributed by atoms with Crippen LogP contribution in [0.1, 0.15) is 35.7 Å². The van der Waals surface area contributed by atoms with Crippen molar-refractivity contribution in [3.05, 3.63) is 63.3 Å². The lowest BCUT2D eigenvalue weighted by Crippen LogP contribution is -2.24. The molecule has 1 saturated heterocycles. The fraction of sp³-hybridized carbons (Fsp3) is 0.312. The van der Waals surface area contributed by atoms with E-state index in [1.165, 1.54) is 18.2 Å². The molecule has 5 nitrogen and oxygen atoms in total. The molecular formula is C16H15FN4O. The summed E-state index contributed by atoms with van der Waals surface area (Å²) in [6.45, 7) is 1.49. The van der Waals surface area contributed by atoms with E-state index in [0.29, 0.717) is 6.54 Å². The predicted octanol–water partition coefficient (Wildman–Crippen LogP) is 2.12. The number of benzene rings is 1.